The van der Waals surface area contributed by atoms with Gasteiger partial charge in [0, 0.05) is 12.1 Å². The van der Waals surface area contributed by atoms with Crippen molar-refractivity contribution in [1.82, 2.24) is 5.32 Å². The van der Waals surface area contributed by atoms with Crippen molar-refractivity contribution >= 4 is 8.03 Å². The summed E-state index contributed by atoms with van der Waals surface area (Å²) in [5, 5.41) is 31.6. The minimum Gasteiger partial charge on any atom is -0.508 e. The average molecular weight is 494 g/mol. The lowest BCUT2D eigenvalue weighted by Crippen LogP contribution is -2.46. The van der Waals surface area contributed by atoms with Gasteiger partial charge in [0.1, 0.15) is 36.1 Å². The van der Waals surface area contributed by atoms with Gasteiger partial charge in [-0.2, -0.15) is 0 Å². The van der Waals surface area contributed by atoms with E-state index >= 15 is 0 Å². The summed E-state index contributed by atoms with van der Waals surface area (Å²) >= 11 is 0. The molecule has 0 heterocycles. The SMILES string of the molecule is O=[PH](O)C1(C(CCNCC(O)COc2ccc(O)c(CO)c2)Oc2ccccc2)CCCCC1. The molecule has 8 nitrogen and oxygen atoms in total. The van der Waals surface area contributed by atoms with Crippen molar-refractivity contribution in [3.8, 4) is 17.2 Å². The van der Waals surface area contributed by atoms with Crippen LogP contribution in [0.4, 0.5) is 0 Å². The van der Waals surface area contributed by atoms with E-state index in [1.54, 1.807) is 6.07 Å². The summed E-state index contributed by atoms with van der Waals surface area (Å²) in [6.45, 7) is 0.533. The fourth-order valence-corrected chi connectivity index (χ4v) is 5.76. The van der Waals surface area contributed by atoms with Gasteiger partial charge in [0.2, 0.25) is 0 Å². The predicted molar refractivity (Wildman–Crippen MR) is 131 cm³/mol. The molecule has 0 radical (unpaired) electrons. The molecule has 0 spiro atoms. The van der Waals surface area contributed by atoms with Gasteiger partial charge in [0.05, 0.1) is 11.8 Å². The molecule has 1 aliphatic rings. The van der Waals surface area contributed by atoms with Crippen LogP contribution in [0.25, 0.3) is 0 Å². The molecule has 188 valence electrons. The lowest BCUT2D eigenvalue weighted by Gasteiger charge is -2.41. The van der Waals surface area contributed by atoms with Crippen LogP contribution in [0.3, 0.4) is 0 Å². The van der Waals surface area contributed by atoms with Gasteiger partial charge in [-0.3, -0.25) is 4.57 Å². The summed E-state index contributed by atoms with van der Waals surface area (Å²) in [6, 6.07) is 13.9. The van der Waals surface area contributed by atoms with Crippen molar-refractivity contribution in [2.75, 3.05) is 19.7 Å². The third-order valence-corrected chi connectivity index (χ3v) is 8.11. The van der Waals surface area contributed by atoms with Crippen molar-refractivity contribution in [1.29, 1.82) is 0 Å². The van der Waals surface area contributed by atoms with E-state index in [1.165, 1.54) is 12.1 Å². The van der Waals surface area contributed by atoms with Crippen LogP contribution in [0, 0.1) is 0 Å². The van der Waals surface area contributed by atoms with Crippen LogP contribution >= 0.6 is 8.03 Å². The molecule has 1 aliphatic carbocycles. The second-order valence-corrected chi connectivity index (χ2v) is 10.5. The van der Waals surface area contributed by atoms with Gasteiger partial charge in [-0.05, 0) is 56.1 Å². The first-order chi connectivity index (χ1) is 16.4. The minimum absolute atomic E-state index is 0.00878. The van der Waals surface area contributed by atoms with Gasteiger partial charge in [0.25, 0.3) is 0 Å². The number of aliphatic hydroxyl groups excluding tert-OH is 2. The zero-order valence-corrected chi connectivity index (χ0v) is 20.4. The van der Waals surface area contributed by atoms with Crippen LogP contribution in [0.1, 0.15) is 44.1 Å². The zero-order valence-electron chi connectivity index (χ0n) is 19.4. The molecule has 0 aromatic heterocycles. The van der Waals surface area contributed by atoms with Crippen molar-refractivity contribution in [2.45, 2.75) is 62.5 Å². The molecule has 2 aromatic rings. The molecule has 2 aromatic carbocycles. The molecule has 3 unspecified atom stereocenters. The van der Waals surface area contributed by atoms with Crippen molar-refractivity contribution in [3.63, 3.8) is 0 Å². The first-order valence-electron chi connectivity index (χ1n) is 11.8. The van der Waals surface area contributed by atoms with Crippen LogP contribution in [0.15, 0.2) is 48.5 Å². The third kappa shape index (κ3) is 7.20. The van der Waals surface area contributed by atoms with Gasteiger partial charge in [0.15, 0.2) is 8.03 Å². The van der Waals surface area contributed by atoms with Gasteiger partial charge in [-0.15, -0.1) is 0 Å². The van der Waals surface area contributed by atoms with Crippen LogP contribution in [-0.2, 0) is 11.2 Å². The molecular weight excluding hydrogens is 457 g/mol. The summed E-state index contributed by atoms with van der Waals surface area (Å²) in [7, 11) is -2.82. The van der Waals surface area contributed by atoms with Crippen molar-refractivity contribution in [2.24, 2.45) is 0 Å². The Balaban J connectivity index is 1.53. The lowest BCUT2D eigenvalue weighted by molar-refractivity contribution is 0.0968. The van der Waals surface area contributed by atoms with E-state index in [4.69, 9.17) is 9.47 Å². The van der Waals surface area contributed by atoms with E-state index in [-0.39, 0.29) is 25.5 Å². The van der Waals surface area contributed by atoms with Crippen molar-refractivity contribution in [3.05, 3.63) is 54.1 Å². The van der Waals surface area contributed by atoms with E-state index in [0.717, 1.165) is 19.3 Å². The van der Waals surface area contributed by atoms with Gasteiger partial charge in [-0.1, -0.05) is 37.5 Å². The Morgan fingerprint density at radius 3 is 2.47 bits per heavy atom. The molecule has 0 saturated heterocycles. The Hall–Kier alpha value is -2.09. The molecule has 0 bridgehead atoms. The number of aliphatic hydroxyl groups is 2. The largest absolute Gasteiger partial charge is 0.508 e. The highest BCUT2D eigenvalue weighted by Crippen LogP contribution is 2.50. The first kappa shape index (κ1) is 26.5. The Morgan fingerprint density at radius 1 is 1.06 bits per heavy atom. The predicted octanol–water partition coefficient (Wildman–Crippen LogP) is 3.22. The fourth-order valence-electron chi connectivity index (χ4n) is 4.50. The van der Waals surface area contributed by atoms with Crippen LogP contribution < -0.4 is 14.8 Å². The van der Waals surface area contributed by atoms with E-state index in [0.29, 0.717) is 42.9 Å². The topological polar surface area (TPSA) is 128 Å². The molecule has 0 amide bonds. The number of rotatable bonds is 13. The van der Waals surface area contributed by atoms with Gasteiger partial charge >= 0.3 is 0 Å². The normalized spacial score (nSPS) is 18.1. The Bertz CT molecular complexity index is 905. The van der Waals surface area contributed by atoms with Gasteiger partial charge in [-0.25, -0.2) is 0 Å². The van der Waals surface area contributed by atoms with E-state index < -0.39 is 25.4 Å². The Labute approximate surface area is 201 Å². The number of phenols is 1. The van der Waals surface area contributed by atoms with Crippen LogP contribution in [0.5, 0.6) is 17.2 Å². The number of ether oxygens (including phenoxy) is 2. The number of para-hydroxylation sites is 1. The first-order valence-corrected chi connectivity index (χ1v) is 13.2. The quantitative estimate of drug-likeness (QED) is 0.213. The van der Waals surface area contributed by atoms with E-state index in [9.17, 15) is 24.8 Å². The number of hydrogen-bond acceptors (Lipinski definition) is 7. The molecule has 0 aliphatic heterocycles. The fraction of sp³-hybridized carbons (Fsp3) is 0.520. The maximum atomic E-state index is 12.5. The van der Waals surface area contributed by atoms with Crippen LogP contribution in [0.2, 0.25) is 0 Å². The highest BCUT2D eigenvalue weighted by Gasteiger charge is 2.45. The lowest BCUT2D eigenvalue weighted by atomic mass is 9.82. The molecule has 9 heteroatoms. The summed E-state index contributed by atoms with van der Waals surface area (Å²) < 4.78 is 24.4. The second kappa shape index (κ2) is 13.1. The number of nitrogens with one attached hydrogen (secondary N) is 1. The van der Waals surface area contributed by atoms with Gasteiger partial charge < -0.3 is 35.0 Å². The average Bonchev–Trinajstić information content (AvgIpc) is 2.86. The highest BCUT2D eigenvalue weighted by atomic mass is 31.1. The maximum absolute atomic E-state index is 12.5. The number of benzene rings is 2. The van der Waals surface area contributed by atoms with Crippen molar-refractivity contribution < 1.29 is 34.3 Å². The molecule has 1 saturated carbocycles. The van der Waals surface area contributed by atoms with E-state index in [1.807, 2.05) is 30.3 Å². The standard InChI is InChI=1S/C25H36NO7P/c27-17-19-15-22(9-10-23(19)29)32-18-20(28)16-26-14-11-24(33-21-7-3-1-4-8-21)25(34(30)31)12-5-2-6-13-25/h1,3-4,7-10,15,20,24,26-29,34H,2,5-6,11-14,16-18H2,(H,30,31). The molecule has 3 rings (SSSR count). The Morgan fingerprint density at radius 2 is 1.79 bits per heavy atom. The summed E-state index contributed by atoms with van der Waals surface area (Å²) in [5.41, 5.74) is 0.356. The maximum Gasteiger partial charge on any atom is 0.198 e. The molecule has 34 heavy (non-hydrogen) atoms. The third-order valence-electron chi connectivity index (χ3n) is 6.44. The minimum atomic E-state index is -2.82. The summed E-state index contributed by atoms with van der Waals surface area (Å²) in [6.07, 6.45) is 3.63. The highest BCUT2D eigenvalue weighted by molar-refractivity contribution is 7.40. The zero-order chi connectivity index (χ0) is 24.4. The molecular formula is C25H36NO7P. The smallest absolute Gasteiger partial charge is 0.198 e. The van der Waals surface area contributed by atoms with Crippen LogP contribution in [-0.4, -0.2) is 57.3 Å². The number of aromatic hydroxyl groups is 1. The summed E-state index contributed by atoms with van der Waals surface area (Å²) in [4.78, 5) is 10.3. The monoisotopic (exact) mass is 493 g/mol. The second-order valence-electron chi connectivity index (χ2n) is 8.85. The number of hydrogen-bond donors (Lipinski definition) is 5. The molecule has 1 fully saturated rings. The molecule has 3 atom stereocenters. The summed E-state index contributed by atoms with van der Waals surface area (Å²) in [5.74, 6) is 1.13. The molecule has 5 N–H and O–H groups in total. The Kier molecular flexibility index (Phi) is 10.2. The van der Waals surface area contributed by atoms with E-state index in [2.05, 4.69) is 5.32 Å².